The monoisotopic (exact) mass is 174 g/mol. The Bertz CT molecular complexity index is 297. The lowest BCUT2D eigenvalue weighted by Gasteiger charge is -2.03. The summed E-state index contributed by atoms with van der Waals surface area (Å²) < 4.78 is 0. The maximum Gasteiger partial charge on any atom is -0.0105 e. The van der Waals surface area contributed by atoms with Crippen molar-refractivity contribution in [3.63, 3.8) is 0 Å². The summed E-state index contributed by atoms with van der Waals surface area (Å²) in [5.41, 5.74) is 4.36. The van der Waals surface area contributed by atoms with E-state index in [4.69, 9.17) is 0 Å². The molecular weight excluding hydrogens is 156 g/mol. The third-order valence-corrected chi connectivity index (χ3v) is 3.45. The number of hydrogen-bond donors (Lipinski definition) is 0. The summed E-state index contributed by atoms with van der Waals surface area (Å²) in [4.78, 5) is 0. The van der Waals surface area contributed by atoms with Crippen molar-refractivity contribution < 1.29 is 0 Å². The fourth-order valence-corrected chi connectivity index (χ4v) is 2.47. The van der Waals surface area contributed by atoms with Crippen LogP contribution >= 0.6 is 0 Å². The van der Waals surface area contributed by atoms with Crippen molar-refractivity contribution >= 4 is 0 Å². The zero-order chi connectivity index (χ0) is 9.59. The predicted molar refractivity (Wildman–Crippen MR) is 57.0 cm³/mol. The van der Waals surface area contributed by atoms with Gasteiger partial charge in [0.2, 0.25) is 0 Å². The molecule has 0 aromatic heterocycles. The summed E-state index contributed by atoms with van der Waals surface area (Å²) in [6.45, 7) is 9.09. The molecule has 0 nitrogen and oxygen atoms in total. The highest BCUT2D eigenvalue weighted by atomic mass is 14.5. The second kappa shape index (κ2) is 2.87. The standard InChI is InChI=1S/C13H18/c1-8-5-9(2)7-12(6-8)13-10(3)11(13)4/h5-7,10-11,13H,1-4H3/t10-,11+,13?. The number of hydrogen-bond acceptors (Lipinski definition) is 0. The third kappa shape index (κ3) is 1.50. The fraction of sp³-hybridized carbons (Fsp3) is 0.538. The zero-order valence-electron chi connectivity index (χ0n) is 8.96. The van der Waals surface area contributed by atoms with Crippen LogP contribution in [0.15, 0.2) is 18.2 Å². The molecule has 1 aromatic carbocycles. The van der Waals surface area contributed by atoms with E-state index in [1.807, 2.05) is 0 Å². The Morgan fingerprint density at radius 1 is 0.846 bits per heavy atom. The van der Waals surface area contributed by atoms with E-state index >= 15 is 0 Å². The van der Waals surface area contributed by atoms with Gasteiger partial charge in [0.05, 0.1) is 0 Å². The van der Waals surface area contributed by atoms with Crippen LogP contribution in [-0.2, 0) is 0 Å². The SMILES string of the molecule is Cc1cc(C)cc(C2[C@@H](C)[C@H]2C)c1. The van der Waals surface area contributed by atoms with Gasteiger partial charge in [-0.1, -0.05) is 43.2 Å². The van der Waals surface area contributed by atoms with Gasteiger partial charge in [0.1, 0.15) is 0 Å². The van der Waals surface area contributed by atoms with Gasteiger partial charge in [-0.2, -0.15) is 0 Å². The Morgan fingerprint density at radius 3 is 1.69 bits per heavy atom. The van der Waals surface area contributed by atoms with Crippen LogP contribution in [0.4, 0.5) is 0 Å². The molecular formula is C13H18. The molecule has 0 aliphatic heterocycles. The second-order valence-electron chi connectivity index (χ2n) is 4.67. The molecule has 1 aliphatic carbocycles. The zero-order valence-corrected chi connectivity index (χ0v) is 8.96. The van der Waals surface area contributed by atoms with Crippen LogP contribution < -0.4 is 0 Å². The molecule has 2 rings (SSSR count). The number of aryl methyl sites for hydroxylation is 2. The largest absolute Gasteiger partial charge is 0.0616 e. The quantitative estimate of drug-likeness (QED) is 0.609. The van der Waals surface area contributed by atoms with Crippen LogP contribution in [0.1, 0.15) is 36.5 Å². The second-order valence-corrected chi connectivity index (χ2v) is 4.67. The van der Waals surface area contributed by atoms with Crippen LogP contribution in [-0.4, -0.2) is 0 Å². The predicted octanol–water partition coefficient (Wildman–Crippen LogP) is 3.67. The molecule has 0 heterocycles. The number of rotatable bonds is 1. The van der Waals surface area contributed by atoms with Gasteiger partial charge < -0.3 is 0 Å². The van der Waals surface area contributed by atoms with Gasteiger partial charge in [0.15, 0.2) is 0 Å². The van der Waals surface area contributed by atoms with Crippen molar-refractivity contribution in [1.82, 2.24) is 0 Å². The van der Waals surface area contributed by atoms with Crippen LogP contribution in [0.25, 0.3) is 0 Å². The Hall–Kier alpha value is -0.780. The van der Waals surface area contributed by atoms with Gasteiger partial charge in [0, 0.05) is 0 Å². The van der Waals surface area contributed by atoms with Crippen molar-refractivity contribution in [3.8, 4) is 0 Å². The van der Waals surface area contributed by atoms with E-state index in [0.717, 1.165) is 17.8 Å². The van der Waals surface area contributed by atoms with Crippen LogP contribution in [0.3, 0.4) is 0 Å². The number of benzene rings is 1. The molecule has 1 aromatic rings. The minimum atomic E-state index is 0.832. The average Bonchev–Trinajstić information content (AvgIpc) is 2.57. The molecule has 70 valence electrons. The van der Waals surface area contributed by atoms with E-state index in [1.165, 1.54) is 11.1 Å². The summed E-state index contributed by atoms with van der Waals surface area (Å²) >= 11 is 0. The topological polar surface area (TPSA) is 0 Å². The first kappa shape index (κ1) is 8.80. The van der Waals surface area contributed by atoms with Gasteiger partial charge in [-0.15, -0.1) is 0 Å². The summed E-state index contributed by atoms with van der Waals surface area (Å²) in [5, 5.41) is 0. The molecule has 0 amide bonds. The maximum absolute atomic E-state index is 2.35. The van der Waals surface area contributed by atoms with Gasteiger partial charge in [-0.05, 0) is 37.2 Å². The van der Waals surface area contributed by atoms with Gasteiger partial charge in [0.25, 0.3) is 0 Å². The lowest BCUT2D eigenvalue weighted by molar-refractivity contribution is 0.834. The third-order valence-electron chi connectivity index (χ3n) is 3.45. The first-order valence-corrected chi connectivity index (χ1v) is 5.18. The molecule has 13 heavy (non-hydrogen) atoms. The summed E-state index contributed by atoms with van der Waals surface area (Å²) in [5.74, 6) is 2.61. The van der Waals surface area contributed by atoms with Gasteiger partial charge in [-0.25, -0.2) is 0 Å². The van der Waals surface area contributed by atoms with Gasteiger partial charge >= 0.3 is 0 Å². The molecule has 1 aliphatic rings. The molecule has 0 saturated heterocycles. The normalized spacial score (nSPS) is 31.8. The fourth-order valence-electron chi connectivity index (χ4n) is 2.47. The van der Waals surface area contributed by atoms with Crippen molar-refractivity contribution in [2.24, 2.45) is 11.8 Å². The first-order chi connectivity index (χ1) is 6.09. The minimum absolute atomic E-state index is 0.832. The highest BCUT2D eigenvalue weighted by Gasteiger charge is 2.43. The highest BCUT2D eigenvalue weighted by Crippen LogP contribution is 2.53. The van der Waals surface area contributed by atoms with Crippen LogP contribution in [0, 0.1) is 25.7 Å². The van der Waals surface area contributed by atoms with E-state index in [9.17, 15) is 0 Å². The van der Waals surface area contributed by atoms with E-state index in [1.54, 1.807) is 5.56 Å². The van der Waals surface area contributed by atoms with E-state index in [-0.39, 0.29) is 0 Å². The van der Waals surface area contributed by atoms with Crippen LogP contribution in [0.5, 0.6) is 0 Å². The van der Waals surface area contributed by atoms with Gasteiger partial charge in [-0.3, -0.25) is 0 Å². The summed E-state index contributed by atoms with van der Waals surface area (Å²) in [6.07, 6.45) is 0. The molecule has 0 N–H and O–H groups in total. The highest BCUT2D eigenvalue weighted by molar-refractivity contribution is 5.34. The Morgan fingerprint density at radius 2 is 1.31 bits per heavy atom. The summed E-state index contributed by atoms with van der Waals surface area (Å²) in [6, 6.07) is 6.94. The lowest BCUT2D eigenvalue weighted by atomic mass is 10.0. The Balaban J connectivity index is 2.31. The molecule has 1 saturated carbocycles. The lowest BCUT2D eigenvalue weighted by Crippen LogP contribution is -1.86. The molecule has 0 bridgehead atoms. The molecule has 0 radical (unpaired) electrons. The average molecular weight is 174 g/mol. The molecule has 0 heteroatoms. The van der Waals surface area contributed by atoms with Crippen molar-refractivity contribution in [1.29, 1.82) is 0 Å². The minimum Gasteiger partial charge on any atom is -0.0616 e. The van der Waals surface area contributed by atoms with Crippen molar-refractivity contribution in [3.05, 3.63) is 34.9 Å². The van der Waals surface area contributed by atoms with Crippen LogP contribution in [0.2, 0.25) is 0 Å². The maximum atomic E-state index is 2.35. The summed E-state index contributed by atoms with van der Waals surface area (Å²) in [7, 11) is 0. The molecule has 3 atom stereocenters. The Labute approximate surface area is 81.0 Å². The molecule has 1 fully saturated rings. The first-order valence-electron chi connectivity index (χ1n) is 5.18. The smallest absolute Gasteiger partial charge is 0.0105 e. The molecule has 0 spiro atoms. The van der Waals surface area contributed by atoms with E-state index < -0.39 is 0 Å². The Kier molecular flexibility index (Phi) is 1.94. The van der Waals surface area contributed by atoms with E-state index in [2.05, 4.69) is 45.9 Å². The molecule has 1 unspecified atom stereocenters. The van der Waals surface area contributed by atoms with Crippen molar-refractivity contribution in [2.75, 3.05) is 0 Å². The van der Waals surface area contributed by atoms with Crippen molar-refractivity contribution in [2.45, 2.75) is 33.6 Å². The van der Waals surface area contributed by atoms with E-state index in [0.29, 0.717) is 0 Å².